The number of hydrogen-bond donors (Lipinski definition) is 1. The number of nitrogens with one attached hydrogen (secondary N) is 1. The van der Waals surface area contributed by atoms with Gasteiger partial charge in [0.2, 0.25) is 0 Å². The van der Waals surface area contributed by atoms with E-state index in [1.807, 2.05) is 18.2 Å². The molecule has 0 atom stereocenters. The number of rotatable bonds is 5. The van der Waals surface area contributed by atoms with Gasteiger partial charge in [0, 0.05) is 12.1 Å². The van der Waals surface area contributed by atoms with Crippen molar-refractivity contribution in [3.05, 3.63) is 69.8 Å². The number of hydrogen-bond acceptors (Lipinski definition) is 6. The van der Waals surface area contributed by atoms with E-state index < -0.39 is 17.0 Å². The molecule has 24 heavy (non-hydrogen) atoms. The van der Waals surface area contributed by atoms with Crippen molar-refractivity contribution in [1.29, 1.82) is 0 Å². The van der Waals surface area contributed by atoms with Gasteiger partial charge in [-0.15, -0.1) is 0 Å². The van der Waals surface area contributed by atoms with E-state index in [2.05, 4.69) is 10.1 Å². The normalized spacial score (nSPS) is 9.88. The first kappa shape index (κ1) is 16.9. The lowest BCUT2D eigenvalue weighted by atomic mass is 10.1. The Balaban J connectivity index is 2.11. The summed E-state index contributed by atoms with van der Waals surface area (Å²) in [6.45, 7) is 0.0488. The lowest BCUT2D eigenvalue weighted by Crippen LogP contribution is -2.16. The van der Waals surface area contributed by atoms with Crippen LogP contribution in [0.25, 0.3) is 0 Å². The van der Waals surface area contributed by atoms with Crippen molar-refractivity contribution in [2.24, 2.45) is 0 Å². The summed E-state index contributed by atoms with van der Waals surface area (Å²) in [5, 5.41) is 13.2. The Labute approximate surface area is 137 Å². The first-order valence-electron chi connectivity index (χ1n) is 6.85. The quantitative estimate of drug-likeness (QED) is 0.512. The molecular weight excluding hydrogens is 316 g/mol. The molecule has 0 radical (unpaired) electrons. The second kappa shape index (κ2) is 7.73. The van der Waals surface area contributed by atoms with Crippen LogP contribution in [0.15, 0.2) is 48.5 Å². The Bertz CT molecular complexity index is 760. The maximum Gasteiger partial charge on any atom is 0.411 e. The number of carbonyl (C=O) groups is 2. The Morgan fingerprint density at radius 3 is 2.50 bits per heavy atom. The van der Waals surface area contributed by atoms with Crippen LogP contribution in [0.1, 0.15) is 15.9 Å². The van der Waals surface area contributed by atoms with Crippen LogP contribution < -0.4 is 5.32 Å². The second-order valence-corrected chi connectivity index (χ2v) is 4.67. The highest BCUT2D eigenvalue weighted by Gasteiger charge is 2.19. The molecule has 8 nitrogen and oxygen atoms in total. The third kappa shape index (κ3) is 4.29. The molecule has 0 bridgehead atoms. The number of benzene rings is 2. The predicted molar refractivity (Wildman–Crippen MR) is 84.7 cm³/mol. The molecule has 0 aliphatic carbocycles. The van der Waals surface area contributed by atoms with Crippen LogP contribution >= 0.6 is 0 Å². The highest BCUT2D eigenvalue weighted by molar-refractivity contribution is 6.00. The van der Waals surface area contributed by atoms with Crippen molar-refractivity contribution in [1.82, 2.24) is 0 Å². The average molecular weight is 330 g/mol. The number of esters is 1. The third-order valence-corrected chi connectivity index (χ3v) is 3.07. The number of anilines is 1. The minimum Gasteiger partial charge on any atom is -0.465 e. The molecule has 0 heterocycles. The van der Waals surface area contributed by atoms with Crippen LogP contribution in [0.4, 0.5) is 16.2 Å². The summed E-state index contributed by atoms with van der Waals surface area (Å²) in [6, 6.07) is 12.5. The van der Waals surface area contributed by atoms with Gasteiger partial charge in [0.1, 0.15) is 6.61 Å². The number of carbonyl (C=O) groups excluding carboxylic acids is 2. The summed E-state index contributed by atoms with van der Waals surface area (Å²) in [7, 11) is 1.14. The van der Waals surface area contributed by atoms with E-state index in [0.29, 0.717) is 0 Å². The van der Waals surface area contributed by atoms with Crippen molar-refractivity contribution in [3.8, 4) is 0 Å². The van der Waals surface area contributed by atoms with Gasteiger partial charge in [0.25, 0.3) is 5.69 Å². The minimum absolute atomic E-state index is 0.0488. The van der Waals surface area contributed by atoms with Gasteiger partial charge in [0.05, 0.1) is 23.3 Å². The Morgan fingerprint density at radius 1 is 1.17 bits per heavy atom. The van der Waals surface area contributed by atoms with Crippen LogP contribution in [-0.4, -0.2) is 24.1 Å². The van der Waals surface area contributed by atoms with E-state index in [9.17, 15) is 19.7 Å². The Hall–Kier alpha value is -3.42. The summed E-state index contributed by atoms with van der Waals surface area (Å²) in [4.78, 5) is 33.7. The zero-order valence-electron chi connectivity index (χ0n) is 12.7. The summed E-state index contributed by atoms with van der Waals surface area (Å²) in [5.41, 5.74) is 0.428. The third-order valence-electron chi connectivity index (χ3n) is 3.07. The standard InChI is InChI=1S/C16H14N2O6/c1-23-15(19)13-9-12(18(21)22)7-8-14(13)17-16(20)24-10-11-5-3-2-4-6-11/h2-9H,10H2,1H3,(H,17,20). The maximum atomic E-state index is 11.8. The van der Waals surface area contributed by atoms with Crippen molar-refractivity contribution < 1.29 is 24.0 Å². The lowest BCUT2D eigenvalue weighted by molar-refractivity contribution is -0.384. The fourth-order valence-electron chi connectivity index (χ4n) is 1.90. The number of methoxy groups -OCH3 is 1. The molecule has 0 fully saturated rings. The molecule has 8 heteroatoms. The van der Waals surface area contributed by atoms with Gasteiger partial charge in [-0.2, -0.15) is 0 Å². The molecule has 2 rings (SSSR count). The second-order valence-electron chi connectivity index (χ2n) is 4.67. The molecule has 1 amide bonds. The minimum atomic E-state index is -0.808. The van der Waals surface area contributed by atoms with E-state index in [1.165, 1.54) is 12.1 Å². The van der Waals surface area contributed by atoms with Crippen LogP contribution in [-0.2, 0) is 16.1 Å². The topological polar surface area (TPSA) is 108 Å². The van der Waals surface area contributed by atoms with Crippen molar-refractivity contribution in [2.45, 2.75) is 6.61 Å². The van der Waals surface area contributed by atoms with E-state index in [4.69, 9.17) is 4.74 Å². The number of nitrogens with zero attached hydrogens (tertiary/aromatic N) is 1. The lowest BCUT2D eigenvalue weighted by Gasteiger charge is -2.10. The van der Waals surface area contributed by atoms with Crippen molar-refractivity contribution >= 4 is 23.4 Å². The fourth-order valence-corrected chi connectivity index (χ4v) is 1.90. The summed E-state index contributed by atoms with van der Waals surface area (Å²) < 4.78 is 9.61. The van der Waals surface area contributed by atoms with Crippen molar-refractivity contribution in [2.75, 3.05) is 12.4 Å². The number of nitro benzene ring substituents is 1. The molecule has 1 N–H and O–H groups in total. The molecule has 0 spiro atoms. The monoisotopic (exact) mass is 330 g/mol. The molecule has 0 aliphatic rings. The predicted octanol–water partition coefficient (Wildman–Crippen LogP) is 3.13. The summed E-state index contributed by atoms with van der Waals surface area (Å²) in [5.74, 6) is -0.808. The van der Waals surface area contributed by atoms with Crippen LogP contribution in [0.3, 0.4) is 0 Å². The molecule has 124 valence electrons. The van der Waals surface area contributed by atoms with Gasteiger partial charge < -0.3 is 9.47 Å². The Morgan fingerprint density at radius 2 is 1.88 bits per heavy atom. The zero-order valence-corrected chi connectivity index (χ0v) is 12.7. The van der Waals surface area contributed by atoms with Gasteiger partial charge in [-0.1, -0.05) is 30.3 Å². The van der Waals surface area contributed by atoms with Crippen LogP contribution in [0, 0.1) is 10.1 Å². The Kier molecular flexibility index (Phi) is 5.45. The van der Waals surface area contributed by atoms with E-state index in [-0.39, 0.29) is 23.5 Å². The van der Waals surface area contributed by atoms with Crippen LogP contribution in [0.2, 0.25) is 0 Å². The highest BCUT2D eigenvalue weighted by atomic mass is 16.6. The van der Waals surface area contributed by atoms with E-state index >= 15 is 0 Å². The van der Waals surface area contributed by atoms with Gasteiger partial charge in [0.15, 0.2) is 0 Å². The maximum absolute atomic E-state index is 11.8. The average Bonchev–Trinajstić information content (AvgIpc) is 2.60. The summed E-state index contributed by atoms with van der Waals surface area (Å²) >= 11 is 0. The fraction of sp³-hybridized carbons (Fsp3) is 0.125. The number of amides is 1. The number of nitro groups is 1. The summed E-state index contributed by atoms with van der Waals surface area (Å²) in [6.07, 6.45) is -0.794. The van der Waals surface area contributed by atoms with Gasteiger partial charge >= 0.3 is 12.1 Å². The van der Waals surface area contributed by atoms with Crippen molar-refractivity contribution in [3.63, 3.8) is 0 Å². The number of non-ortho nitro benzene ring substituents is 1. The van der Waals surface area contributed by atoms with Crippen LogP contribution in [0.5, 0.6) is 0 Å². The van der Waals surface area contributed by atoms with E-state index in [0.717, 1.165) is 18.7 Å². The molecule has 2 aromatic rings. The first-order valence-corrected chi connectivity index (χ1v) is 6.85. The SMILES string of the molecule is COC(=O)c1cc([N+](=O)[O-])ccc1NC(=O)OCc1ccccc1. The van der Waals surface area contributed by atoms with Gasteiger partial charge in [-0.25, -0.2) is 9.59 Å². The number of ether oxygens (including phenoxy) is 2. The van der Waals surface area contributed by atoms with E-state index in [1.54, 1.807) is 12.1 Å². The highest BCUT2D eigenvalue weighted by Crippen LogP contribution is 2.23. The smallest absolute Gasteiger partial charge is 0.411 e. The van der Waals surface area contributed by atoms with Gasteiger partial charge in [-0.05, 0) is 11.6 Å². The first-order chi connectivity index (χ1) is 11.5. The molecule has 0 aliphatic heterocycles. The molecule has 0 saturated carbocycles. The molecule has 2 aromatic carbocycles. The van der Waals surface area contributed by atoms with Gasteiger partial charge in [-0.3, -0.25) is 15.4 Å². The molecule has 0 aromatic heterocycles. The molecule has 0 unspecified atom stereocenters. The largest absolute Gasteiger partial charge is 0.465 e. The molecule has 0 saturated heterocycles. The molecular formula is C16H14N2O6. The zero-order chi connectivity index (χ0) is 17.5.